The number of amides is 2. The van der Waals surface area contributed by atoms with Crippen LogP contribution in [0.3, 0.4) is 0 Å². The Bertz CT molecular complexity index is 1380. The molecule has 10 heteroatoms. The highest BCUT2D eigenvalue weighted by Gasteiger charge is 2.25. The van der Waals surface area contributed by atoms with Gasteiger partial charge in [-0.2, -0.15) is 0 Å². The number of hydrogen-bond acceptors (Lipinski definition) is 8. The van der Waals surface area contributed by atoms with Crippen LogP contribution in [0.1, 0.15) is 36.7 Å². The fourth-order valence-corrected chi connectivity index (χ4v) is 5.73. The number of anilines is 2. The van der Waals surface area contributed by atoms with Gasteiger partial charge in [-0.25, -0.2) is 0 Å². The lowest BCUT2D eigenvalue weighted by molar-refractivity contribution is 0.0949. The summed E-state index contributed by atoms with van der Waals surface area (Å²) in [6, 6.07) is 15.5. The number of nitrogens with zero attached hydrogens (tertiary/aromatic N) is 3. The zero-order valence-corrected chi connectivity index (χ0v) is 22.5. The van der Waals surface area contributed by atoms with Crippen LogP contribution in [0.2, 0.25) is 0 Å². The Labute approximate surface area is 231 Å². The number of aliphatic imine (C=N–C) groups is 1. The maximum atomic E-state index is 13.7. The summed E-state index contributed by atoms with van der Waals surface area (Å²) in [4.78, 5) is 36.6. The van der Waals surface area contributed by atoms with Crippen molar-refractivity contribution in [3.05, 3.63) is 81.0 Å². The average Bonchev–Trinajstić information content (AvgIpc) is 3.66. The van der Waals surface area contributed by atoms with Gasteiger partial charge in [0.1, 0.15) is 5.84 Å². The molecule has 2 fully saturated rings. The predicted octanol–water partition coefficient (Wildman–Crippen LogP) is 3.04. The lowest BCUT2D eigenvalue weighted by Crippen LogP contribution is -2.39. The van der Waals surface area contributed by atoms with Crippen LogP contribution in [-0.2, 0) is 22.6 Å². The number of benzene rings is 2. The van der Waals surface area contributed by atoms with E-state index < -0.39 is 0 Å². The summed E-state index contributed by atoms with van der Waals surface area (Å²) in [7, 11) is 0. The first-order chi connectivity index (χ1) is 19.2. The van der Waals surface area contributed by atoms with E-state index in [-0.39, 0.29) is 11.8 Å². The van der Waals surface area contributed by atoms with Crippen LogP contribution in [-0.4, -0.2) is 70.3 Å². The summed E-state index contributed by atoms with van der Waals surface area (Å²) in [5, 5.41) is 8.00. The van der Waals surface area contributed by atoms with Crippen LogP contribution in [0.25, 0.3) is 0 Å². The summed E-state index contributed by atoms with van der Waals surface area (Å²) in [6.45, 7) is 6.69. The van der Waals surface area contributed by atoms with Gasteiger partial charge in [0.2, 0.25) is 0 Å². The monoisotopic (exact) mass is 545 g/mol. The zero-order valence-electron chi connectivity index (χ0n) is 21.7. The Morgan fingerprint density at radius 2 is 1.67 bits per heavy atom. The van der Waals surface area contributed by atoms with Crippen LogP contribution in [0, 0.1) is 0 Å². The van der Waals surface area contributed by atoms with Gasteiger partial charge < -0.3 is 29.9 Å². The van der Waals surface area contributed by atoms with Crippen LogP contribution < -0.4 is 20.4 Å². The number of nitrogens with one attached hydrogen (secondary N) is 2. The van der Waals surface area contributed by atoms with E-state index in [9.17, 15) is 9.59 Å². The van der Waals surface area contributed by atoms with E-state index in [1.54, 1.807) is 11.3 Å². The predicted molar refractivity (Wildman–Crippen MR) is 152 cm³/mol. The van der Waals surface area contributed by atoms with E-state index in [0.29, 0.717) is 56.5 Å². The van der Waals surface area contributed by atoms with Crippen molar-refractivity contribution in [2.75, 3.05) is 62.4 Å². The highest BCUT2D eigenvalue weighted by atomic mass is 32.1. The number of hydrogen-bond donors (Lipinski definition) is 2. The molecule has 0 bridgehead atoms. The number of carbonyl (C=O) groups excluding carboxylic acids is 2. The van der Waals surface area contributed by atoms with Gasteiger partial charge in [0.15, 0.2) is 0 Å². The molecule has 1 aromatic heterocycles. The molecule has 2 N–H and O–H groups in total. The first-order valence-corrected chi connectivity index (χ1v) is 14.1. The fraction of sp³-hybridized carbons (Fsp3) is 0.345. The van der Waals surface area contributed by atoms with E-state index in [1.165, 1.54) is 0 Å². The Balaban J connectivity index is 1.21. The Morgan fingerprint density at radius 3 is 2.41 bits per heavy atom. The lowest BCUT2D eigenvalue weighted by atomic mass is 10.0. The van der Waals surface area contributed by atoms with Crippen molar-refractivity contribution in [1.29, 1.82) is 0 Å². The van der Waals surface area contributed by atoms with Gasteiger partial charge in [0.05, 0.1) is 50.8 Å². The van der Waals surface area contributed by atoms with Crippen molar-refractivity contribution >= 4 is 40.4 Å². The van der Waals surface area contributed by atoms with Gasteiger partial charge in [-0.15, -0.1) is 11.3 Å². The maximum absolute atomic E-state index is 13.7. The standard InChI is InChI=1S/C29H31N5O4S/c35-28(31-19-23-2-1-15-39-23)20-3-4-21-18-30-27(25(21)16-20)32-29(36)24-6-5-22(33-7-11-37-12-8-33)17-26(24)34-9-13-38-14-10-34/h1-6,15-17H,7-14,18-19H2,(H,31,35)(H,30,32,36). The molecule has 3 aliphatic rings. The van der Waals surface area contributed by atoms with Crippen molar-refractivity contribution in [1.82, 2.24) is 10.6 Å². The molecule has 4 heterocycles. The second-order valence-electron chi connectivity index (χ2n) is 9.65. The van der Waals surface area contributed by atoms with Crippen LogP contribution in [0.4, 0.5) is 11.4 Å². The highest BCUT2D eigenvalue weighted by Crippen LogP contribution is 2.29. The van der Waals surface area contributed by atoms with Gasteiger partial charge in [0, 0.05) is 47.9 Å². The molecule has 0 spiro atoms. The third-order valence-electron chi connectivity index (χ3n) is 7.22. The Morgan fingerprint density at radius 1 is 0.897 bits per heavy atom. The number of rotatable bonds is 6. The molecule has 9 nitrogen and oxygen atoms in total. The minimum atomic E-state index is -0.218. The normalized spacial score (nSPS) is 17.0. The third kappa shape index (κ3) is 5.68. The molecular formula is C29H31N5O4S. The van der Waals surface area contributed by atoms with E-state index >= 15 is 0 Å². The second kappa shape index (κ2) is 11.6. The minimum absolute atomic E-state index is 0.155. The Hall–Kier alpha value is -3.73. The van der Waals surface area contributed by atoms with Gasteiger partial charge in [-0.1, -0.05) is 12.1 Å². The number of carbonyl (C=O) groups is 2. The molecule has 0 radical (unpaired) electrons. The van der Waals surface area contributed by atoms with E-state index in [0.717, 1.165) is 53.6 Å². The molecular weight excluding hydrogens is 514 g/mol. The summed E-state index contributed by atoms with van der Waals surface area (Å²) >= 11 is 1.61. The van der Waals surface area contributed by atoms with E-state index in [4.69, 9.17) is 9.47 Å². The van der Waals surface area contributed by atoms with Gasteiger partial charge >= 0.3 is 0 Å². The van der Waals surface area contributed by atoms with Gasteiger partial charge in [-0.05, 0) is 47.3 Å². The van der Waals surface area contributed by atoms with Crippen molar-refractivity contribution in [2.45, 2.75) is 13.1 Å². The average molecular weight is 546 g/mol. The van der Waals surface area contributed by atoms with Gasteiger partial charge in [0.25, 0.3) is 11.8 Å². The number of morpholine rings is 2. The first-order valence-electron chi connectivity index (χ1n) is 13.2. The topological polar surface area (TPSA) is 95.5 Å². The SMILES string of the molecule is O=C(NCc1cccs1)c1ccc2c(c1)C(NC(=O)c1ccc(N3CCOCC3)cc1N1CCOCC1)=NC2. The van der Waals surface area contributed by atoms with Crippen molar-refractivity contribution in [2.24, 2.45) is 4.99 Å². The summed E-state index contributed by atoms with van der Waals surface area (Å²) in [5.74, 6) is 0.120. The quantitative estimate of drug-likeness (QED) is 0.495. The summed E-state index contributed by atoms with van der Waals surface area (Å²) in [6.07, 6.45) is 0. The Kier molecular flexibility index (Phi) is 7.57. The molecule has 39 heavy (non-hydrogen) atoms. The molecule has 3 aromatic rings. The van der Waals surface area contributed by atoms with E-state index in [1.807, 2.05) is 47.8 Å². The minimum Gasteiger partial charge on any atom is -0.378 e. The van der Waals surface area contributed by atoms with Crippen molar-refractivity contribution in [3.63, 3.8) is 0 Å². The van der Waals surface area contributed by atoms with Crippen LogP contribution >= 0.6 is 11.3 Å². The number of amidine groups is 1. The molecule has 0 unspecified atom stereocenters. The zero-order chi connectivity index (χ0) is 26.6. The molecule has 2 aromatic carbocycles. The fourth-order valence-electron chi connectivity index (χ4n) is 5.09. The molecule has 2 amide bonds. The lowest BCUT2D eigenvalue weighted by Gasteiger charge is -2.33. The number of fused-ring (bicyclic) bond motifs is 1. The third-order valence-corrected chi connectivity index (χ3v) is 8.10. The second-order valence-corrected chi connectivity index (χ2v) is 10.7. The van der Waals surface area contributed by atoms with Crippen molar-refractivity contribution in [3.8, 4) is 0 Å². The molecule has 6 rings (SSSR count). The van der Waals surface area contributed by atoms with Gasteiger partial charge in [-0.3, -0.25) is 14.6 Å². The van der Waals surface area contributed by atoms with Crippen LogP contribution in [0.15, 0.2) is 58.9 Å². The smallest absolute Gasteiger partial charge is 0.258 e. The maximum Gasteiger partial charge on any atom is 0.258 e. The number of thiophene rings is 1. The van der Waals surface area contributed by atoms with E-state index in [2.05, 4.69) is 31.5 Å². The molecule has 0 atom stereocenters. The molecule has 0 aliphatic carbocycles. The first kappa shape index (κ1) is 25.5. The molecule has 2 saturated heterocycles. The van der Waals surface area contributed by atoms with Crippen LogP contribution in [0.5, 0.6) is 0 Å². The number of ether oxygens (including phenoxy) is 2. The highest BCUT2D eigenvalue weighted by molar-refractivity contribution is 7.09. The molecule has 0 saturated carbocycles. The summed E-state index contributed by atoms with van der Waals surface area (Å²) in [5.41, 5.74) is 4.87. The molecule has 3 aliphatic heterocycles. The molecule has 202 valence electrons. The van der Waals surface area contributed by atoms with Crippen molar-refractivity contribution < 1.29 is 19.1 Å². The largest absolute Gasteiger partial charge is 0.378 e. The summed E-state index contributed by atoms with van der Waals surface area (Å²) < 4.78 is 11.1.